The fraction of sp³-hybridized carbons (Fsp3) is 0.333. The average molecular weight is 348 g/mol. The fourth-order valence-corrected chi connectivity index (χ4v) is 3.78. The number of sulfone groups is 1. The molecule has 0 amide bonds. The molecule has 0 N–H and O–H groups in total. The van der Waals surface area contributed by atoms with Crippen molar-refractivity contribution in [2.75, 3.05) is 29.5 Å². The third kappa shape index (κ3) is 3.30. The first-order valence-electron chi connectivity index (χ1n) is 6.18. The molecule has 21 heavy (non-hydrogen) atoms. The number of rotatable bonds is 2. The highest BCUT2D eigenvalue weighted by Crippen LogP contribution is 2.27. The minimum atomic E-state index is -2.95. The van der Waals surface area contributed by atoms with Gasteiger partial charge in [0.2, 0.25) is 5.82 Å². The van der Waals surface area contributed by atoms with Gasteiger partial charge in [-0.05, 0) is 18.2 Å². The SMILES string of the molecule is O=S1(=O)CCN(c2nc(-c3cc(Cl)cc(Cl)c3)no2)CC1. The van der Waals surface area contributed by atoms with E-state index in [0.29, 0.717) is 40.5 Å². The van der Waals surface area contributed by atoms with E-state index in [2.05, 4.69) is 10.1 Å². The average Bonchev–Trinajstić information content (AvgIpc) is 2.87. The van der Waals surface area contributed by atoms with E-state index in [-0.39, 0.29) is 11.5 Å². The summed E-state index contributed by atoms with van der Waals surface area (Å²) in [6.07, 6.45) is 0. The quantitative estimate of drug-likeness (QED) is 0.829. The van der Waals surface area contributed by atoms with Gasteiger partial charge in [-0.2, -0.15) is 4.98 Å². The molecule has 2 heterocycles. The predicted molar refractivity (Wildman–Crippen MR) is 80.6 cm³/mol. The summed E-state index contributed by atoms with van der Waals surface area (Å²) < 4.78 is 28.0. The van der Waals surface area contributed by atoms with Crippen molar-refractivity contribution in [2.24, 2.45) is 0 Å². The van der Waals surface area contributed by atoms with Crippen molar-refractivity contribution in [3.05, 3.63) is 28.2 Å². The van der Waals surface area contributed by atoms with E-state index in [0.717, 1.165) is 0 Å². The van der Waals surface area contributed by atoms with E-state index < -0.39 is 9.84 Å². The van der Waals surface area contributed by atoms with Gasteiger partial charge in [-0.3, -0.25) is 0 Å². The van der Waals surface area contributed by atoms with Crippen LogP contribution in [0.1, 0.15) is 0 Å². The van der Waals surface area contributed by atoms with Gasteiger partial charge in [0.05, 0.1) is 11.5 Å². The molecule has 1 fully saturated rings. The van der Waals surface area contributed by atoms with E-state index in [1.807, 2.05) is 0 Å². The van der Waals surface area contributed by atoms with Crippen molar-refractivity contribution in [1.29, 1.82) is 0 Å². The van der Waals surface area contributed by atoms with E-state index in [4.69, 9.17) is 27.7 Å². The van der Waals surface area contributed by atoms with Crippen molar-refractivity contribution < 1.29 is 12.9 Å². The summed E-state index contributed by atoms with van der Waals surface area (Å²) in [5.41, 5.74) is 0.645. The molecule has 0 unspecified atom stereocenters. The van der Waals surface area contributed by atoms with Crippen molar-refractivity contribution in [1.82, 2.24) is 10.1 Å². The van der Waals surface area contributed by atoms with Gasteiger partial charge in [0.15, 0.2) is 9.84 Å². The zero-order chi connectivity index (χ0) is 15.0. The lowest BCUT2D eigenvalue weighted by Gasteiger charge is -2.24. The lowest BCUT2D eigenvalue weighted by Crippen LogP contribution is -2.40. The Labute approximate surface area is 131 Å². The van der Waals surface area contributed by atoms with Crippen LogP contribution >= 0.6 is 23.2 Å². The Kier molecular flexibility index (Phi) is 3.81. The van der Waals surface area contributed by atoms with Crippen molar-refractivity contribution in [2.45, 2.75) is 0 Å². The Balaban J connectivity index is 1.83. The number of nitrogens with zero attached hydrogens (tertiary/aromatic N) is 3. The van der Waals surface area contributed by atoms with E-state index in [1.54, 1.807) is 23.1 Å². The van der Waals surface area contributed by atoms with Crippen molar-refractivity contribution in [3.63, 3.8) is 0 Å². The molecule has 112 valence electrons. The third-order valence-electron chi connectivity index (χ3n) is 3.15. The molecule has 1 saturated heterocycles. The maximum atomic E-state index is 11.4. The molecule has 1 aliphatic heterocycles. The summed E-state index contributed by atoms with van der Waals surface area (Å²) in [5.74, 6) is 0.546. The molecule has 9 heteroatoms. The van der Waals surface area contributed by atoms with Crippen LogP contribution in [0.2, 0.25) is 10.0 Å². The highest BCUT2D eigenvalue weighted by molar-refractivity contribution is 7.91. The molecule has 0 aliphatic carbocycles. The first kappa shape index (κ1) is 14.6. The lowest BCUT2D eigenvalue weighted by molar-refractivity contribution is 0.415. The molecular weight excluding hydrogens is 337 g/mol. The van der Waals surface area contributed by atoms with Gasteiger partial charge in [-0.25, -0.2) is 8.42 Å². The maximum Gasteiger partial charge on any atom is 0.324 e. The lowest BCUT2D eigenvalue weighted by atomic mass is 10.2. The number of benzene rings is 1. The van der Waals surface area contributed by atoms with Crippen molar-refractivity contribution >= 4 is 39.1 Å². The first-order chi connectivity index (χ1) is 9.93. The Morgan fingerprint density at radius 2 is 1.71 bits per heavy atom. The van der Waals surface area contributed by atoms with Crippen LogP contribution in [0.4, 0.5) is 6.01 Å². The normalized spacial score (nSPS) is 17.9. The Morgan fingerprint density at radius 1 is 1.10 bits per heavy atom. The first-order valence-corrected chi connectivity index (χ1v) is 8.76. The highest BCUT2D eigenvalue weighted by atomic mass is 35.5. The molecule has 3 rings (SSSR count). The van der Waals surface area contributed by atoms with Gasteiger partial charge in [-0.1, -0.05) is 28.4 Å². The van der Waals surface area contributed by atoms with E-state index in [9.17, 15) is 8.42 Å². The second-order valence-electron chi connectivity index (χ2n) is 4.70. The number of hydrogen-bond donors (Lipinski definition) is 0. The zero-order valence-electron chi connectivity index (χ0n) is 10.8. The van der Waals surface area contributed by atoms with Crippen LogP contribution in [-0.4, -0.2) is 43.2 Å². The molecule has 6 nitrogen and oxygen atoms in total. The highest BCUT2D eigenvalue weighted by Gasteiger charge is 2.25. The van der Waals surface area contributed by atoms with Gasteiger partial charge >= 0.3 is 6.01 Å². The minimum Gasteiger partial charge on any atom is -0.322 e. The summed E-state index contributed by atoms with van der Waals surface area (Å²) in [6.45, 7) is 0.695. The van der Waals surface area contributed by atoms with E-state index >= 15 is 0 Å². The Morgan fingerprint density at radius 3 is 2.33 bits per heavy atom. The van der Waals surface area contributed by atoms with E-state index in [1.165, 1.54) is 0 Å². The molecule has 0 radical (unpaired) electrons. The minimum absolute atomic E-state index is 0.0910. The number of anilines is 1. The fourth-order valence-electron chi connectivity index (χ4n) is 2.05. The van der Waals surface area contributed by atoms with Crippen LogP contribution in [0.25, 0.3) is 11.4 Å². The summed E-state index contributed by atoms with van der Waals surface area (Å²) in [5, 5.41) is 4.84. The Hall–Kier alpha value is -1.31. The summed E-state index contributed by atoms with van der Waals surface area (Å²) in [7, 11) is -2.95. The topological polar surface area (TPSA) is 76.3 Å². The van der Waals surface area contributed by atoms with Crippen LogP contribution in [0, 0.1) is 0 Å². The number of halogens is 2. The summed E-state index contributed by atoms with van der Waals surface area (Å²) in [4.78, 5) is 6.02. The summed E-state index contributed by atoms with van der Waals surface area (Å²) >= 11 is 11.9. The molecule has 0 atom stereocenters. The largest absolute Gasteiger partial charge is 0.324 e. The van der Waals surface area contributed by atoms with Crippen molar-refractivity contribution in [3.8, 4) is 11.4 Å². The van der Waals surface area contributed by atoms with Gasteiger partial charge in [0.25, 0.3) is 0 Å². The Bertz CT molecular complexity index is 742. The molecule has 1 aromatic carbocycles. The van der Waals surface area contributed by atoms with Gasteiger partial charge in [0, 0.05) is 28.7 Å². The molecule has 2 aromatic rings. The van der Waals surface area contributed by atoms with Crippen LogP contribution in [0.5, 0.6) is 0 Å². The van der Waals surface area contributed by atoms with Crippen LogP contribution in [0.3, 0.4) is 0 Å². The van der Waals surface area contributed by atoms with Crippen LogP contribution in [-0.2, 0) is 9.84 Å². The molecule has 0 bridgehead atoms. The maximum absolute atomic E-state index is 11.4. The predicted octanol–water partition coefficient (Wildman–Crippen LogP) is 2.28. The standard InChI is InChI=1S/C12H11Cl2N3O3S/c13-9-5-8(6-10(14)7-9)11-15-12(20-16-11)17-1-3-21(18,19)4-2-17/h5-7H,1-4H2. The molecule has 0 spiro atoms. The number of aromatic nitrogens is 2. The second-order valence-corrected chi connectivity index (χ2v) is 7.87. The van der Waals surface area contributed by atoms with Crippen LogP contribution in [0.15, 0.2) is 22.7 Å². The molecule has 1 aromatic heterocycles. The van der Waals surface area contributed by atoms with Gasteiger partial charge < -0.3 is 9.42 Å². The molecular formula is C12H11Cl2N3O3S. The zero-order valence-corrected chi connectivity index (χ0v) is 13.1. The van der Waals surface area contributed by atoms with Gasteiger partial charge in [0.1, 0.15) is 0 Å². The summed E-state index contributed by atoms with van der Waals surface area (Å²) in [6, 6.07) is 5.28. The van der Waals surface area contributed by atoms with Crippen LogP contribution < -0.4 is 4.90 Å². The molecule has 1 aliphatic rings. The smallest absolute Gasteiger partial charge is 0.322 e. The molecule has 0 saturated carbocycles. The van der Waals surface area contributed by atoms with Gasteiger partial charge in [-0.15, -0.1) is 0 Å². The monoisotopic (exact) mass is 347 g/mol. The third-order valence-corrected chi connectivity index (χ3v) is 5.20. The number of hydrogen-bond acceptors (Lipinski definition) is 6. The second kappa shape index (κ2) is 5.47.